The number of sulfonamides is 1. The Bertz CT molecular complexity index is 1740. The lowest BCUT2D eigenvalue weighted by Gasteiger charge is -2.26. The summed E-state index contributed by atoms with van der Waals surface area (Å²) in [6.07, 6.45) is 0. The van der Waals surface area contributed by atoms with Gasteiger partial charge in [0.1, 0.15) is 11.3 Å². The van der Waals surface area contributed by atoms with Crippen LogP contribution < -0.4 is 10.6 Å². The molecule has 4 aromatic carbocycles. The first-order valence-electron chi connectivity index (χ1n) is 12.8. The zero-order valence-corrected chi connectivity index (χ0v) is 23.7. The number of aromatic hydroxyl groups is 1. The van der Waals surface area contributed by atoms with Gasteiger partial charge in [-0.25, -0.2) is 13.2 Å². The first-order chi connectivity index (χ1) is 19.9. The van der Waals surface area contributed by atoms with Crippen molar-refractivity contribution in [1.82, 2.24) is 4.31 Å². The van der Waals surface area contributed by atoms with Crippen molar-refractivity contribution in [2.75, 3.05) is 18.5 Å². The Kier molecular flexibility index (Phi) is 8.74. The molecule has 0 aromatic heterocycles. The summed E-state index contributed by atoms with van der Waals surface area (Å²) in [6.45, 7) is 1.32. The van der Waals surface area contributed by atoms with E-state index in [0.29, 0.717) is 11.1 Å². The second kappa shape index (κ2) is 12.2. The molecule has 0 saturated heterocycles. The van der Waals surface area contributed by atoms with Crippen molar-refractivity contribution in [3.05, 3.63) is 113 Å². The number of amides is 2. The highest BCUT2D eigenvalue weighted by Gasteiger charge is 2.27. The van der Waals surface area contributed by atoms with Crippen molar-refractivity contribution >= 4 is 33.5 Å². The molecule has 0 atom stereocenters. The molecule has 10 nitrogen and oxygen atoms in total. The highest BCUT2D eigenvalue weighted by molar-refractivity contribution is 7.89. The predicted molar refractivity (Wildman–Crippen MR) is 158 cm³/mol. The van der Waals surface area contributed by atoms with Crippen LogP contribution in [-0.4, -0.2) is 54.3 Å². The first-order valence-corrected chi connectivity index (χ1v) is 14.2. The van der Waals surface area contributed by atoms with Crippen LogP contribution >= 0.6 is 0 Å². The van der Waals surface area contributed by atoms with E-state index in [4.69, 9.17) is 5.73 Å². The van der Waals surface area contributed by atoms with E-state index in [-0.39, 0.29) is 22.7 Å². The number of hydrogen-bond donors (Lipinski definition) is 3. The highest BCUT2D eigenvalue weighted by atomic mass is 32.2. The number of likely N-dealkylation sites (N-methyl/N-ethyl adjacent to an activating group) is 1. The summed E-state index contributed by atoms with van der Waals surface area (Å²) in [6, 6.07) is 24.0. The second-order valence-corrected chi connectivity index (χ2v) is 11.7. The summed E-state index contributed by atoms with van der Waals surface area (Å²) < 4.78 is 27.2. The molecule has 0 saturated carbocycles. The van der Waals surface area contributed by atoms with Crippen LogP contribution in [0.3, 0.4) is 0 Å². The van der Waals surface area contributed by atoms with Crippen molar-refractivity contribution in [3.63, 3.8) is 0 Å². The second-order valence-electron chi connectivity index (χ2n) is 9.70. The van der Waals surface area contributed by atoms with Gasteiger partial charge in [0, 0.05) is 24.4 Å². The number of phenols is 1. The maximum Gasteiger partial charge on any atom is 0.339 e. The number of aromatic carboxylic acids is 1. The van der Waals surface area contributed by atoms with Crippen molar-refractivity contribution < 1.29 is 33.0 Å². The Hall–Kier alpha value is -5.00. The fraction of sp³-hybridized carbons (Fsp3) is 0.129. The molecule has 11 heteroatoms. The average molecular weight is 588 g/mol. The third kappa shape index (κ3) is 6.65. The van der Waals surface area contributed by atoms with E-state index in [1.807, 2.05) is 19.1 Å². The van der Waals surface area contributed by atoms with E-state index in [1.54, 1.807) is 48.5 Å². The van der Waals surface area contributed by atoms with E-state index in [2.05, 4.69) is 0 Å². The molecule has 42 heavy (non-hydrogen) atoms. The maximum atomic E-state index is 13.6. The molecular formula is C31H29N3O7S. The van der Waals surface area contributed by atoms with E-state index in [0.717, 1.165) is 27.1 Å². The smallest absolute Gasteiger partial charge is 0.339 e. The Morgan fingerprint density at radius 1 is 0.833 bits per heavy atom. The number of benzene rings is 4. The number of carboxylic acid groups (broad SMARTS) is 1. The molecule has 0 aliphatic carbocycles. The summed E-state index contributed by atoms with van der Waals surface area (Å²) >= 11 is 0. The Balaban J connectivity index is 1.62. The van der Waals surface area contributed by atoms with Crippen molar-refractivity contribution in [1.29, 1.82) is 0 Å². The zero-order chi connectivity index (χ0) is 30.6. The molecule has 0 spiro atoms. The van der Waals surface area contributed by atoms with Crippen LogP contribution in [-0.2, 0) is 21.4 Å². The normalized spacial score (nSPS) is 11.3. The highest BCUT2D eigenvalue weighted by Crippen LogP contribution is 2.28. The number of nitrogens with zero attached hydrogens (tertiary/aromatic N) is 2. The lowest BCUT2D eigenvalue weighted by molar-refractivity contribution is -0.118. The fourth-order valence-electron chi connectivity index (χ4n) is 4.26. The van der Waals surface area contributed by atoms with Crippen LogP contribution in [0.4, 0.5) is 5.69 Å². The van der Waals surface area contributed by atoms with Gasteiger partial charge in [0.15, 0.2) is 0 Å². The molecule has 2 amide bonds. The number of hydrogen-bond acceptors (Lipinski definition) is 6. The van der Waals surface area contributed by atoms with Gasteiger partial charge in [0.2, 0.25) is 21.8 Å². The number of aryl methyl sites for hydroxylation is 1. The number of carboxylic acids is 1. The van der Waals surface area contributed by atoms with Crippen LogP contribution in [0.1, 0.15) is 31.8 Å². The number of nitrogens with two attached hydrogens (primary N) is 1. The number of carbonyl (C=O) groups excluding carboxylic acids is 2. The average Bonchev–Trinajstić information content (AvgIpc) is 2.96. The summed E-state index contributed by atoms with van der Waals surface area (Å²) in [7, 11) is -2.68. The number of carbonyl (C=O) groups is 3. The summed E-state index contributed by atoms with van der Waals surface area (Å²) in [5.41, 5.74) is 8.81. The van der Waals surface area contributed by atoms with Gasteiger partial charge in [-0.2, -0.15) is 4.31 Å². The van der Waals surface area contributed by atoms with Gasteiger partial charge in [-0.3, -0.25) is 9.59 Å². The van der Waals surface area contributed by atoms with Gasteiger partial charge in [0.05, 0.1) is 18.0 Å². The fourth-order valence-corrected chi connectivity index (χ4v) is 5.38. The van der Waals surface area contributed by atoms with E-state index >= 15 is 0 Å². The minimum atomic E-state index is -3.98. The van der Waals surface area contributed by atoms with E-state index < -0.39 is 40.1 Å². The van der Waals surface area contributed by atoms with E-state index in [9.17, 15) is 33.0 Å². The molecule has 0 aliphatic rings. The lowest BCUT2D eigenvalue weighted by atomic mass is 10.0. The van der Waals surface area contributed by atoms with Gasteiger partial charge in [-0.15, -0.1) is 0 Å². The van der Waals surface area contributed by atoms with Crippen LogP contribution in [0.15, 0.2) is 95.9 Å². The third-order valence-corrected chi connectivity index (χ3v) is 8.53. The standard InChI is InChI=1S/C31H29N3O7S/c1-20-3-14-26(15-4-20)42(40,41)33(2)19-29(36)34(25-13-16-27(31(38)39)28(35)17-25)18-21-5-7-22(8-6-21)23-9-11-24(12-10-23)30(32)37/h3-17,35H,18-19H2,1-2H3,(H2,32,37)(H,38,39). The SMILES string of the molecule is Cc1ccc(S(=O)(=O)N(C)CC(=O)N(Cc2ccc(-c3ccc(C(N)=O)cc3)cc2)c2ccc(C(=O)O)c(O)c2)cc1. The molecule has 4 rings (SSSR count). The minimum Gasteiger partial charge on any atom is -0.507 e. The summed E-state index contributed by atoms with van der Waals surface area (Å²) in [4.78, 5) is 37.7. The molecule has 216 valence electrons. The molecule has 0 radical (unpaired) electrons. The molecule has 0 fully saturated rings. The largest absolute Gasteiger partial charge is 0.507 e. The lowest BCUT2D eigenvalue weighted by Crippen LogP contribution is -2.41. The Labute approximate surface area is 243 Å². The maximum absolute atomic E-state index is 13.6. The predicted octanol–water partition coefficient (Wildman–Crippen LogP) is 4.02. The first kappa shape index (κ1) is 30.0. The zero-order valence-electron chi connectivity index (χ0n) is 22.9. The van der Waals surface area contributed by atoms with Gasteiger partial charge >= 0.3 is 5.97 Å². The molecule has 0 bridgehead atoms. The third-order valence-electron chi connectivity index (χ3n) is 6.71. The molecule has 0 aliphatic heterocycles. The Morgan fingerprint density at radius 3 is 1.93 bits per heavy atom. The summed E-state index contributed by atoms with van der Waals surface area (Å²) in [5, 5.41) is 19.6. The van der Waals surface area contributed by atoms with Crippen molar-refractivity contribution in [2.24, 2.45) is 5.73 Å². The van der Waals surface area contributed by atoms with Crippen LogP contribution in [0, 0.1) is 6.92 Å². The topological polar surface area (TPSA) is 158 Å². The van der Waals surface area contributed by atoms with Gasteiger partial charge in [-0.1, -0.05) is 54.1 Å². The van der Waals surface area contributed by atoms with E-state index in [1.165, 1.54) is 36.2 Å². The van der Waals surface area contributed by atoms with Gasteiger partial charge in [0.25, 0.3) is 0 Å². The van der Waals surface area contributed by atoms with Crippen LogP contribution in [0.25, 0.3) is 11.1 Å². The van der Waals surface area contributed by atoms with Crippen LogP contribution in [0.5, 0.6) is 5.75 Å². The molecule has 4 N–H and O–H groups in total. The van der Waals surface area contributed by atoms with Gasteiger partial charge < -0.3 is 20.8 Å². The molecule has 0 heterocycles. The summed E-state index contributed by atoms with van der Waals surface area (Å²) in [5.74, 6) is -2.99. The number of anilines is 1. The quantitative estimate of drug-likeness (QED) is 0.253. The van der Waals surface area contributed by atoms with Gasteiger partial charge in [-0.05, 0) is 60.0 Å². The van der Waals surface area contributed by atoms with Crippen LogP contribution in [0.2, 0.25) is 0 Å². The molecular weight excluding hydrogens is 558 g/mol. The molecule has 0 unspecified atom stereocenters. The minimum absolute atomic E-state index is 0.00397. The Morgan fingerprint density at radius 2 is 1.40 bits per heavy atom. The van der Waals surface area contributed by atoms with Crippen molar-refractivity contribution in [3.8, 4) is 16.9 Å². The number of primary amides is 1. The molecule has 4 aromatic rings. The van der Waals surface area contributed by atoms with Crippen molar-refractivity contribution in [2.45, 2.75) is 18.4 Å². The monoisotopic (exact) mass is 587 g/mol. The number of rotatable bonds is 10.